The summed E-state index contributed by atoms with van der Waals surface area (Å²) < 4.78 is 81.2. The Kier molecular flexibility index (Phi) is 3.91. The third kappa shape index (κ3) is 3.48. The number of alkyl halides is 6. The van der Waals surface area contributed by atoms with E-state index in [1.807, 2.05) is 0 Å². The first-order chi connectivity index (χ1) is 8.60. The first-order valence-electron chi connectivity index (χ1n) is 4.45. The van der Waals surface area contributed by atoms with Crippen LogP contribution in [0.1, 0.15) is 15.9 Å². The van der Waals surface area contributed by atoms with Gasteiger partial charge < -0.3 is 9.47 Å². The molecule has 0 radical (unpaired) electrons. The van der Waals surface area contributed by atoms with Gasteiger partial charge in [-0.1, -0.05) is 0 Å². The molecule has 0 N–H and O–H groups in total. The molecule has 0 atom stereocenters. The number of rotatable bonds is 3. The first kappa shape index (κ1) is 15.1. The highest BCUT2D eigenvalue weighted by molar-refractivity contribution is 5.83. The predicted octanol–water partition coefficient (Wildman–Crippen LogP) is 2.82. The smallest absolute Gasteiger partial charge is 0.491 e. The van der Waals surface area contributed by atoms with Crippen molar-refractivity contribution in [1.82, 2.24) is 4.98 Å². The van der Waals surface area contributed by atoms with Crippen LogP contribution in [-0.4, -0.2) is 24.7 Å². The van der Waals surface area contributed by atoms with E-state index in [1.54, 1.807) is 0 Å². The maximum absolute atomic E-state index is 12.5. The standard InChI is InChI=1S/C9H5F6NO3/c1-18-6-4(3-17)5(8(10,11)12)2-16-7(6)19-9(13,14)15/h2-3H,1H3. The first-order valence-corrected chi connectivity index (χ1v) is 4.45. The Labute approximate surface area is 101 Å². The summed E-state index contributed by atoms with van der Waals surface area (Å²) in [6, 6.07) is 0. The topological polar surface area (TPSA) is 48.4 Å². The molecule has 1 rings (SSSR count). The highest BCUT2D eigenvalue weighted by Crippen LogP contribution is 2.39. The number of halogens is 6. The maximum Gasteiger partial charge on any atom is 0.574 e. The number of carbonyl (C=O) groups excluding carboxylic acids is 1. The van der Waals surface area contributed by atoms with Gasteiger partial charge in [-0.3, -0.25) is 4.79 Å². The lowest BCUT2D eigenvalue weighted by atomic mass is 10.1. The molecule has 0 fully saturated rings. The van der Waals surface area contributed by atoms with Crippen LogP contribution in [-0.2, 0) is 6.18 Å². The third-order valence-corrected chi connectivity index (χ3v) is 1.88. The summed E-state index contributed by atoms with van der Waals surface area (Å²) in [6.07, 6.45) is -10.4. The largest absolute Gasteiger partial charge is 0.574 e. The van der Waals surface area contributed by atoms with E-state index in [0.717, 1.165) is 7.11 Å². The van der Waals surface area contributed by atoms with Crippen LogP contribution in [0.25, 0.3) is 0 Å². The Balaban J connectivity index is 3.43. The van der Waals surface area contributed by atoms with Gasteiger partial charge in [-0.05, 0) is 0 Å². The second kappa shape index (κ2) is 4.94. The molecule has 0 aromatic carbocycles. The highest BCUT2D eigenvalue weighted by Gasteiger charge is 2.39. The van der Waals surface area contributed by atoms with Crippen molar-refractivity contribution in [1.29, 1.82) is 0 Å². The quantitative estimate of drug-likeness (QED) is 0.634. The molecule has 0 saturated heterocycles. The van der Waals surface area contributed by atoms with E-state index in [2.05, 4.69) is 14.5 Å². The van der Waals surface area contributed by atoms with E-state index in [1.165, 1.54) is 0 Å². The summed E-state index contributed by atoms with van der Waals surface area (Å²) in [5.41, 5.74) is -2.64. The molecule has 0 bridgehead atoms. The Hall–Kier alpha value is -2.00. The minimum Gasteiger partial charge on any atom is -0.491 e. The zero-order valence-electron chi connectivity index (χ0n) is 9.09. The molecule has 1 aromatic heterocycles. The van der Waals surface area contributed by atoms with Crippen LogP contribution in [0.2, 0.25) is 0 Å². The van der Waals surface area contributed by atoms with Crippen LogP contribution in [0.5, 0.6) is 11.6 Å². The number of aldehydes is 1. The number of hydrogen-bond donors (Lipinski definition) is 0. The number of carbonyl (C=O) groups is 1. The molecule has 0 aliphatic rings. The summed E-state index contributed by atoms with van der Waals surface area (Å²) in [7, 11) is 0.785. The van der Waals surface area contributed by atoms with Gasteiger partial charge in [0.15, 0.2) is 12.0 Å². The summed E-state index contributed by atoms with van der Waals surface area (Å²) in [5, 5.41) is 0. The molecular formula is C9H5F6NO3. The molecule has 0 aliphatic heterocycles. The minimum absolute atomic E-state index is 0.0628. The SMILES string of the molecule is COc1c(OC(F)(F)F)ncc(C(F)(F)F)c1C=O. The molecular weight excluding hydrogens is 284 g/mol. The van der Waals surface area contributed by atoms with Crippen molar-refractivity contribution in [2.75, 3.05) is 7.11 Å². The van der Waals surface area contributed by atoms with E-state index in [4.69, 9.17) is 0 Å². The van der Waals surface area contributed by atoms with E-state index in [0.29, 0.717) is 0 Å². The molecule has 1 heterocycles. The van der Waals surface area contributed by atoms with Gasteiger partial charge >= 0.3 is 12.5 Å². The third-order valence-electron chi connectivity index (χ3n) is 1.88. The van der Waals surface area contributed by atoms with Gasteiger partial charge in [0.25, 0.3) is 5.88 Å². The number of ether oxygens (including phenoxy) is 2. The van der Waals surface area contributed by atoms with Crippen LogP contribution in [0.15, 0.2) is 6.20 Å². The summed E-state index contributed by atoms with van der Waals surface area (Å²) >= 11 is 0. The lowest BCUT2D eigenvalue weighted by molar-refractivity contribution is -0.276. The molecule has 0 aliphatic carbocycles. The van der Waals surface area contributed by atoms with Crippen molar-refractivity contribution in [3.05, 3.63) is 17.3 Å². The zero-order chi connectivity index (χ0) is 14.8. The Morgan fingerprint density at radius 3 is 2.16 bits per heavy atom. The van der Waals surface area contributed by atoms with Gasteiger partial charge in [0.1, 0.15) is 0 Å². The van der Waals surface area contributed by atoms with E-state index in [9.17, 15) is 31.1 Å². The van der Waals surface area contributed by atoms with Crippen LogP contribution in [0.4, 0.5) is 26.3 Å². The van der Waals surface area contributed by atoms with Crippen LogP contribution in [0, 0.1) is 0 Å². The number of aromatic nitrogens is 1. The van der Waals surface area contributed by atoms with E-state index >= 15 is 0 Å². The van der Waals surface area contributed by atoms with Gasteiger partial charge in [0.2, 0.25) is 0 Å². The van der Waals surface area contributed by atoms with Crippen LogP contribution < -0.4 is 9.47 Å². The van der Waals surface area contributed by atoms with Gasteiger partial charge in [-0.15, -0.1) is 13.2 Å². The normalized spacial score (nSPS) is 12.2. The molecule has 1 aromatic rings. The predicted molar refractivity (Wildman–Crippen MR) is 47.9 cm³/mol. The van der Waals surface area contributed by atoms with Crippen molar-refractivity contribution in [3.63, 3.8) is 0 Å². The average molecular weight is 289 g/mol. The van der Waals surface area contributed by atoms with Gasteiger partial charge in [-0.2, -0.15) is 13.2 Å². The Morgan fingerprint density at radius 2 is 1.79 bits per heavy atom. The van der Waals surface area contributed by atoms with Gasteiger partial charge in [0, 0.05) is 6.20 Å². The lowest BCUT2D eigenvalue weighted by Gasteiger charge is -2.16. The lowest BCUT2D eigenvalue weighted by Crippen LogP contribution is -2.20. The second-order valence-corrected chi connectivity index (χ2v) is 3.09. The number of hydrogen-bond acceptors (Lipinski definition) is 4. The fourth-order valence-corrected chi connectivity index (χ4v) is 1.21. The van der Waals surface area contributed by atoms with E-state index in [-0.39, 0.29) is 12.5 Å². The molecule has 0 unspecified atom stereocenters. The molecule has 19 heavy (non-hydrogen) atoms. The van der Waals surface area contributed by atoms with Crippen LogP contribution in [0.3, 0.4) is 0 Å². The monoisotopic (exact) mass is 289 g/mol. The second-order valence-electron chi connectivity index (χ2n) is 3.09. The zero-order valence-corrected chi connectivity index (χ0v) is 9.09. The van der Waals surface area contributed by atoms with Crippen LogP contribution >= 0.6 is 0 Å². The summed E-state index contributed by atoms with van der Waals surface area (Å²) in [6.45, 7) is 0. The van der Waals surface area contributed by atoms with Crippen molar-refractivity contribution in [3.8, 4) is 11.6 Å². The van der Waals surface area contributed by atoms with Crippen molar-refractivity contribution >= 4 is 6.29 Å². The maximum atomic E-state index is 12.5. The fraction of sp³-hybridized carbons (Fsp3) is 0.333. The average Bonchev–Trinajstić information content (AvgIpc) is 2.24. The van der Waals surface area contributed by atoms with Crippen molar-refractivity contribution < 1.29 is 40.6 Å². The number of methoxy groups -OCH3 is 1. The van der Waals surface area contributed by atoms with E-state index < -0.39 is 35.3 Å². The molecule has 0 amide bonds. The minimum atomic E-state index is -5.18. The van der Waals surface area contributed by atoms with Gasteiger partial charge in [0.05, 0.1) is 18.2 Å². The molecule has 0 saturated carbocycles. The fourth-order valence-electron chi connectivity index (χ4n) is 1.21. The Bertz CT molecular complexity index is 482. The summed E-state index contributed by atoms with van der Waals surface area (Å²) in [5.74, 6) is -2.31. The number of pyridine rings is 1. The molecule has 0 spiro atoms. The molecule has 4 nitrogen and oxygen atoms in total. The van der Waals surface area contributed by atoms with Crippen molar-refractivity contribution in [2.24, 2.45) is 0 Å². The Morgan fingerprint density at radius 1 is 1.21 bits per heavy atom. The van der Waals surface area contributed by atoms with Crippen molar-refractivity contribution in [2.45, 2.75) is 12.5 Å². The summed E-state index contributed by atoms with van der Waals surface area (Å²) in [4.78, 5) is 13.5. The number of nitrogens with zero attached hydrogens (tertiary/aromatic N) is 1. The molecule has 10 heteroatoms. The molecule has 106 valence electrons. The van der Waals surface area contributed by atoms with Gasteiger partial charge in [-0.25, -0.2) is 4.98 Å². The highest BCUT2D eigenvalue weighted by atomic mass is 19.4.